The third kappa shape index (κ3) is 5.82. The van der Waals surface area contributed by atoms with Crippen LogP contribution in [0.3, 0.4) is 0 Å². The number of halogens is 4. The van der Waals surface area contributed by atoms with Crippen LogP contribution in [0.15, 0.2) is 67.0 Å². The smallest absolute Gasteiger partial charge is 0.269 e. The minimum absolute atomic E-state index is 0.0134. The lowest BCUT2D eigenvalue weighted by atomic mass is 10.0. The molecule has 1 saturated carbocycles. The zero-order chi connectivity index (χ0) is 33.7. The molecule has 10 nitrogen and oxygen atoms in total. The van der Waals surface area contributed by atoms with Crippen LogP contribution in [0.2, 0.25) is 5.02 Å². The molecule has 14 heteroatoms. The van der Waals surface area contributed by atoms with Crippen molar-refractivity contribution in [1.29, 1.82) is 0 Å². The molecule has 7 rings (SSSR count). The number of nitrogens with two attached hydrogens (primary N) is 1. The highest BCUT2D eigenvalue weighted by Gasteiger charge is 2.56. The molecule has 48 heavy (non-hydrogen) atoms. The largest absolute Gasteiger partial charge is 0.364 e. The van der Waals surface area contributed by atoms with Crippen LogP contribution >= 0.6 is 11.6 Å². The van der Waals surface area contributed by atoms with Crippen molar-refractivity contribution in [2.24, 2.45) is 11.7 Å². The molecule has 1 saturated heterocycles. The van der Waals surface area contributed by atoms with E-state index in [4.69, 9.17) is 17.3 Å². The Morgan fingerprint density at radius 3 is 2.50 bits per heavy atom. The van der Waals surface area contributed by atoms with Gasteiger partial charge < -0.3 is 16.0 Å². The molecule has 5 aromatic rings. The SMILES string of the molecule is NC(=O)c1nn(CC(=O)N2C3C[C@@H]3C[C@H]2C(=O)Nc2cccc(-c3ccc(F)cc3Cl)c2F)c2ccc(C#Cc3ncc(F)cn3)cc12. The van der Waals surface area contributed by atoms with Crippen LogP contribution in [-0.4, -0.2) is 54.5 Å². The summed E-state index contributed by atoms with van der Waals surface area (Å²) >= 11 is 6.15. The normalized spacial score (nSPS) is 17.8. The molecule has 3 heterocycles. The number of piperidine rings is 1. The highest BCUT2D eigenvalue weighted by atomic mass is 35.5. The molecule has 2 fully saturated rings. The first-order chi connectivity index (χ1) is 23.1. The fourth-order valence-corrected chi connectivity index (χ4v) is 6.35. The minimum Gasteiger partial charge on any atom is -0.364 e. The van der Waals surface area contributed by atoms with Gasteiger partial charge in [-0.05, 0) is 67.1 Å². The molecule has 1 unspecified atom stereocenters. The van der Waals surface area contributed by atoms with Crippen molar-refractivity contribution in [1.82, 2.24) is 24.6 Å². The molecule has 3 amide bonds. The topological polar surface area (TPSA) is 136 Å². The Balaban J connectivity index is 1.12. The Hall–Kier alpha value is -5.74. The lowest BCUT2D eigenvalue weighted by Gasteiger charge is -2.27. The van der Waals surface area contributed by atoms with Gasteiger partial charge in [0.25, 0.3) is 5.91 Å². The number of likely N-dealkylation sites (tertiary alicyclic amines) is 1. The second-order valence-electron chi connectivity index (χ2n) is 11.5. The number of rotatable bonds is 6. The first kappa shape index (κ1) is 30.9. The standard InChI is InChI=1S/C34H23ClF3N7O3/c35-24-13-19(36)6-7-21(24)22-2-1-3-25(31(22)38)42-34(48)28-12-18-11-27(18)45(28)30(46)16-44-26-8-4-17(10-23(26)32(43-44)33(39)47)5-9-29-40-14-20(37)15-41-29/h1-4,6-8,10,13-15,18,27-28H,11-12,16H2,(H2,39,47)(H,42,48)/t18-,27?,28+/m1/s1. The quantitative estimate of drug-likeness (QED) is 0.252. The van der Waals surface area contributed by atoms with Crippen molar-refractivity contribution in [2.45, 2.75) is 31.5 Å². The van der Waals surface area contributed by atoms with Crippen LogP contribution in [0.1, 0.15) is 34.7 Å². The van der Waals surface area contributed by atoms with E-state index < -0.39 is 41.2 Å². The number of nitrogens with one attached hydrogen (secondary N) is 1. The van der Waals surface area contributed by atoms with E-state index in [1.54, 1.807) is 18.2 Å². The summed E-state index contributed by atoms with van der Waals surface area (Å²) in [5.74, 6) is 2.08. The molecule has 2 aromatic heterocycles. The first-order valence-electron chi connectivity index (χ1n) is 14.7. The van der Waals surface area contributed by atoms with Crippen molar-refractivity contribution in [3.8, 4) is 23.0 Å². The zero-order valence-electron chi connectivity index (χ0n) is 24.8. The number of fused-ring (bicyclic) bond motifs is 2. The summed E-state index contributed by atoms with van der Waals surface area (Å²) in [5, 5.41) is 7.29. The Bertz CT molecular complexity index is 2210. The van der Waals surface area contributed by atoms with Crippen LogP contribution < -0.4 is 11.1 Å². The van der Waals surface area contributed by atoms with Gasteiger partial charge in [-0.25, -0.2) is 23.1 Å². The van der Waals surface area contributed by atoms with Gasteiger partial charge >= 0.3 is 0 Å². The number of carbonyl (C=O) groups is 3. The molecule has 2 aliphatic rings. The first-order valence-corrected chi connectivity index (χ1v) is 15.1. The number of nitrogens with zero attached hydrogens (tertiary/aromatic N) is 5. The summed E-state index contributed by atoms with van der Waals surface area (Å²) in [4.78, 5) is 48.7. The van der Waals surface area contributed by atoms with E-state index in [-0.39, 0.29) is 51.9 Å². The van der Waals surface area contributed by atoms with Gasteiger partial charge in [-0.3, -0.25) is 19.1 Å². The molecule has 1 aliphatic carbocycles. The molecular weight excluding hydrogens is 647 g/mol. The van der Waals surface area contributed by atoms with Crippen molar-refractivity contribution in [2.75, 3.05) is 5.32 Å². The predicted octanol–water partition coefficient (Wildman–Crippen LogP) is 4.69. The number of primary amides is 1. The summed E-state index contributed by atoms with van der Waals surface area (Å²) in [6, 6.07) is 11.8. The third-order valence-electron chi connectivity index (χ3n) is 8.38. The lowest BCUT2D eigenvalue weighted by molar-refractivity contribution is -0.138. The summed E-state index contributed by atoms with van der Waals surface area (Å²) in [7, 11) is 0. The molecule has 3 N–H and O–H groups in total. The Morgan fingerprint density at radius 2 is 1.75 bits per heavy atom. The summed E-state index contributed by atoms with van der Waals surface area (Å²) < 4.78 is 43.6. The number of amides is 3. The van der Waals surface area contributed by atoms with E-state index in [1.807, 2.05) is 0 Å². The van der Waals surface area contributed by atoms with Crippen LogP contribution in [0.4, 0.5) is 18.9 Å². The minimum atomic E-state index is -0.869. The van der Waals surface area contributed by atoms with E-state index in [0.717, 1.165) is 30.9 Å². The highest BCUT2D eigenvalue weighted by Crippen LogP contribution is 2.48. The van der Waals surface area contributed by atoms with Crippen LogP contribution in [-0.2, 0) is 16.1 Å². The summed E-state index contributed by atoms with van der Waals surface area (Å²) in [6.45, 7) is -0.294. The van der Waals surface area contributed by atoms with Crippen molar-refractivity contribution < 1.29 is 27.6 Å². The molecule has 0 bridgehead atoms. The number of benzene rings is 3. The van der Waals surface area contributed by atoms with E-state index >= 15 is 4.39 Å². The number of aromatic nitrogens is 4. The van der Waals surface area contributed by atoms with Crippen LogP contribution in [0.25, 0.3) is 22.0 Å². The average Bonchev–Trinajstić information content (AvgIpc) is 3.57. The molecule has 3 aromatic carbocycles. The maximum atomic E-state index is 15.6. The zero-order valence-corrected chi connectivity index (χ0v) is 25.5. The van der Waals surface area contributed by atoms with Gasteiger partial charge in [0.2, 0.25) is 17.6 Å². The second-order valence-corrected chi connectivity index (χ2v) is 11.9. The third-order valence-corrected chi connectivity index (χ3v) is 8.69. The average molecular weight is 670 g/mol. The molecule has 0 radical (unpaired) electrons. The Morgan fingerprint density at radius 1 is 0.958 bits per heavy atom. The number of hydrogen-bond acceptors (Lipinski definition) is 6. The van der Waals surface area contributed by atoms with E-state index in [9.17, 15) is 23.2 Å². The number of anilines is 1. The van der Waals surface area contributed by atoms with E-state index in [1.165, 1.54) is 33.8 Å². The number of carbonyl (C=O) groups excluding carboxylic acids is 3. The van der Waals surface area contributed by atoms with Gasteiger partial charge in [0.15, 0.2) is 17.3 Å². The Labute approximate surface area is 275 Å². The molecule has 3 atom stereocenters. The van der Waals surface area contributed by atoms with Gasteiger partial charge in [-0.2, -0.15) is 5.10 Å². The summed E-state index contributed by atoms with van der Waals surface area (Å²) in [6.07, 6.45) is 3.12. The fourth-order valence-electron chi connectivity index (χ4n) is 6.08. The summed E-state index contributed by atoms with van der Waals surface area (Å²) in [5.41, 5.74) is 6.66. The monoisotopic (exact) mass is 669 g/mol. The maximum Gasteiger partial charge on any atom is 0.269 e. The van der Waals surface area contributed by atoms with Gasteiger partial charge in [-0.1, -0.05) is 29.7 Å². The van der Waals surface area contributed by atoms with Crippen LogP contribution in [0.5, 0.6) is 0 Å². The van der Waals surface area contributed by atoms with Gasteiger partial charge in [0, 0.05) is 28.1 Å². The van der Waals surface area contributed by atoms with Crippen molar-refractivity contribution in [3.63, 3.8) is 0 Å². The predicted molar refractivity (Wildman–Crippen MR) is 169 cm³/mol. The Kier molecular flexibility index (Phi) is 7.80. The van der Waals surface area contributed by atoms with Crippen molar-refractivity contribution >= 4 is 45.9 Å². The van der Waals surface area contributed by atoms with E-state index in [0.29, 0.717) is 22.9 Å². The molecule has 240 valence electrons. The maximum absolute atomic E-state index is 15.6. The van der Waals surface area contributed by atoms with Gasteiger partial charge in [0.1, 0.15) is 18.4 Å². The molecular formula is C34H23ClF3N7O3. The van der Waals surface area contributed by atoms with Gasteiger partial charge in [0.05, 0.1) is 28.6 Å². The molecule has 0 spiro atoms. The molecule has 1 aliphatic heterocycles. The van der Waals surface area contributed by atoms with Gasteiger partial charge in [-0.15, -0.1) is 0 Å². The number of hydrogen-bond donors (Lipinski definition) is 2. The van der Waals surface area contributed by atoms with Crippen LogP contribution in [0, 0.1) is 35.2 Å². The second kappa shape index (κ2) is 12.1. The fraction of sp³-hybridized carbons (Fsp3) is 0.176. The highest BCUT2D eigenvalue weighted by molar-refractivity contribution is 6.33. The van der Waals surface area contributed by atoms with E-state index in [2.05, 4.69) is 32.2 Å². The van der Waals surface area contributed by atoms with Crippen molar-refractivity contribution in [3.05, 3.63) is 107 Å². The lowest BCUT2D eigenvalue weighted by Crippen LogP contribution is -2.46.